The zero-order valence-corrected chi connectivity index (χ0v) is 13.9. The smallest absolute Gasteiger partial charge is 0.265 e. The highest BCUT2D eigenvalue weighted by Gasteiger charge is 2.17. The highest BCUT2D eigenvalue weighted by molar-refractivity contribution is 5.93. The third kappa shape index (κ3) is 4.58. The Morgan fingerprint density at radius 2 is 2.12 bits per heavy atom. The second-order valence-electron chi connectivity index (χ2n) is 6.07. The van der Waals surface area contributed by atoms with Gasteiger partial charge in [-0.05, 0) is 37.8 Å². The molecule has 0 aliphatic carbocycles. The van der Waals surface area contributed by atoms with Gasteiger partial charge in [-0.2, -0.15) is 5.10 Å². The Balaban J connectivity index is 1.51. The Labute approximate surface area is 141 Å². The number of ether oxygens (including phenoxy) is 2. The van der Waals surface area contributed by atoms with Crippen LogP contribution in [0.1, 0.15) is 19.8 Å². The van der Waals surface area contributed by atoms with Crippen LogP contribution in [-0.2, 0) is 16.1 Å². The van der Waals surface area contributed by atoms with Crippen LogP contribution in [0.15, 0.2) is 42.7 Å². The Bertz CT molecular complexity index is 651. The highest BCUT2D eigenvalue weighted by atomic mass is 16.5. The molecule has 24 heavy (non-hydrogen) atoms. The first-order valence-corrected chi connectivity index (χ1v) is 8.33. The Morgan fingerprint density at radius 3 is 2.88 bits per heavy atom. The lowest BCUT2D eigenvalue weighted by Gasteiger charge is -2.21. The van der Waals surface area contributed by atoms with E-state index in [1.807, 2.05) is 41.2 Å². The first kappa shape index (κ1) is 16.5. The minimum atomic E-state index is -0.578. The predicted octanol–water partition coefficient (Wildman–Crippen LogP) is 2.72. The topological polar surface area (TPSA) is 65.4 Å². The SMILES string of the molecule is C[C@H](Oc1ccccc1)C(=O)Nc1cnn(CC2CCOCC2)c1. The van der Waals surface area contributed by atoms with Crippen molar-refractivity contribution in [2.75, 3.05) is 18.5 Å². The molecular weight excluding hydrogens is 306 g/mol. The minimum Gasteiger partial charge on any atom is -0.481 e. The highest BCUT2D eigenvalue weighted by Crippen LogP contribution is 2.18. The van der Waals surface area contributed by atoms with Gasteiger partial charge < -0.3 is 14.8 Å². The van der Waals surface area contributed by atoms with Crippen molar-refractivity contribution >= 4 is 11.6 Å². The molecule has 6 nitrogen and oxygen atoms in total. The summed E-state index contributed by atoms with van der Waals surface area (Å²) in [7, 11) is 0. The molecule has 1 aromatic heterocycles. The Hall–Kier alpha value is -2.34. The third-order valence-corrected chi connectivity index (χ3v) is 4.11. The molecule has 2 aromatic rings. The zero-order chi connectivity index (χ0) is 16.8. The van der Waals surface area contributed by atoms with E-state index in [1.54, 1.807) is 13.1 Å². The summed E-state index contributed by atoms with van der Waals surface area (Å²) in [6.45, 7) is 4.23. The molecule has 128 valence electrons. The first-order chi connectivity index (χ1) is 11.7. The summed E-state index contributed by atoms with van der Waals surface area (Å²) in [4.78, 5) is 12.2. The predicted molar refractivity (Wildman–Crippen MR) is 90.9 cm³/mol. The fraction of sp³-hybridized carbons (Fsp3) is 0.444. The molecule has 1 atom stereocenters. The van der Waals surface area contributed by atoms with Gasteiger partial charge in [0.2, 0.25) is 0 Å². The van der Waals surface area contributed by atoms with Crippen LogP contribution in [0.3, 0.4) is 0 Å². The number of para-hydroxylation sites is 1. The number of carbonyl (C=O) groups is 1. The average molecular weight is 329 g/mol. The quantitative estimate of drug-likeness (QED) is 0.885. The number of rotatable bonds is 6. The van der Waals surface area contributed by atoms with Gasteiger partial charge >= 0.3 is 0 Å². The van der Waals surface area contributed by atoms with Crippen molar-refractivity contribution in [3.05, 3.63) is 42.7 Å². The van der Waals surface area contributed by atoms with Gasteiger partial charge in [-0.25, -0.2) is 0 Å². The summed E-state index contributed by atoms with van der Waals surface area (Å²) in [5, 5.41) is 7.17. The molecule has 1 aliphatic heterocycles. The lowest BCUT2D eigenvalue weighted by molar-refractivity contribution is -0.122. The fourth-order valence-electron chi connectivity index (χ4n) is 2.72. The Morgan fingerprint density at radius 1 is 1.38 bits per heavy atom. The van der Waals surface area contributed by atoms with Crippen molar-refractivity contribution in [2.24, 2.45) is 5.92 Å². The van der Waals surface area contributed by atoms with Crippen LogP contribution < -0.4 is 10.1 Å². The lowest BCUT2D eigenvalue weighted by atomic mass is 10.0. The summed E-state index contributed by atoms with van der Waals surface area (Å²) in [6.07, 6.45) is 5.08. The van der Waals surface area contributed by atoms with Crippen molar-refractivity contribution in [1.29, 1.82) is 0 Å². The molecule has 1 aromatic carbocycles. The van der Waals surface area contributed by atoms with Gasteiger partial charge in [-0.1, -0.05) is 18.2 Å². The second-order valence-corrected chi connectivity index (χ2v) is 6.07. The van der Waals surface area contributed by atoms with Crippen LogP contribution in [-0.4, -0.2) is 35.0 Å². The zero-order valence-electron chi connectivity index (χ0n) is 13.9. The molecule has 0 radical (unpaired) electrons. The summed E-state index contributed by atoms with van der Waals surface area (Å²) in [6, 6.07) is 9.32. The lowest BCUT2D eigenvalue weighted by Crippen LogP contribution is -2.30. The summed E-state index contributed by atoms with van der Waals surface area (Å²) < 4.78 is 12.9. The van der Waals surface area contributed by atoms with Crippen molar-refractivity contribution in [3.8, 4) is 5.75 Å². The Kier molecular flexibility index (Phi) is 5.48. The first-order valence-electron chi connectivity index (χ1n) is 8.33. The number of nitrogens with zero attached hydrogens (tertiary/aromatic N) is 2. The average Bonchev–Trinajstić information content (AvgIpc) is 3.03. The summed E-state index contributed by atoms with van der Waals surface area (Å²) >= 11 is 0. The van der Waals surface area contributed by atoms with E-state index in [0.717, 1.165) is 32.6 Å². The normalized spacial score (nSPS) is 16.5. The number of aromatic nitrogens is 2. The van der Waals surface area contributed by atoms with Crippen molar-refractivity contribution < 1.29 is 14.3 Å². The van der Waals surface area contributed by atoms with Gasteiger partial charge in [0.05, 0.1) is 11.9 Å². The van der Waals surface area contributed by atoms with Gasteiger partial charge in [0.15, 0.2) is 6.10 Å². The standard InChI is InChI=1S/C18H23N3O3/c1-14(24-17-5-3-2-4-6-17)18(22)20-16-11-19-21(13-16)12-15-7-9-23-10-8-15/h2-6,11,13-15H,7-10,12H2,1H3,(H,20,22)/t14-/m0/s1. The van der Waals surface area contributed by atoms with Gasteiger partial charge in [-0.15, -0.1) is 0 Å². The number of benzene rings is 1. The number of amides is 1. The van der Waals surface area contributed by atoms with Crippen molar-refractivity contribution in [3.63, 3.8) is 0 Å². The van der Waals surface area contributed by atoms with Gasteiger partial charge in [0.1, 0.15) is 5.75 Å². The van der Waals surface area contributed by atoms with Gasteiger partial charge in [-0.3, -0.25) is 9.48 Å². The fourth-order valence-corrected chi connectivity index (χ4v) is 2.72. The number of anilines is 1. The number of hydrogen-bond donors (Lipinski definition) is 1. The number of hydrogen-bond acceptors (Lipinski definition) is 4. The third-order valence-electron chi connectivity index (χ3n) is 4.11. The maximum Gasteiger partial charge on any atom is 0.265 e. The summed E-state index contributed by atoms with van der Waals surface area (Å²) in [5.41, 5.74) is 0.690. The molecule has 1 aliphatic rings. The second kappa shape index (κ2) is 7.97. The summed E-state index contributed by atoms with van der Waals surface area (Å²) in [5.74, 6) is 1.07. The minimum absolute atomic E-state index is 0.190. The largest absolute Gasteiger partial charge is 0.481 e. The van der Waals surface area contributed by atoms with E-state index >= 15 is 0 Å². The molecule has 0 spiro atoms. The molecule has 6 heteroatoms. The van der Waals surface area contributed by atoms with E-state index in [1.165, 1.54) is 0 Å². The maximum atomic E-state index is 12.2. The van der Waals surface area contributed by atoms with Crippen molar-refractivity contribution in [2.45, 2.75) is 32.4 Å². The molecule has 0 bridgehead atoms. The van der Waals surface area contributed by atoms with Crippen LogP contribution in [0, 0.1) is 5.92 Å². The van der Waals surface area contributed by atoms with Crippen LogP contribution in [0.25, 0.3) is 0 Å². The van der Waals surface area contributed by atoms with E-state index in [0.29, 0.717) is 17.4 Å². The molecule has 1 fully saturated rings. The molecule has 0 saturated carbocycles. The number of nitrogens with one attached hydrogen (secondary N) is 1. The molecule has 2 heterocycles. The van der Waals surface area contributed by atoms with Crippen LogP contribution in [0.2, 0.25) is 0 Å². The number of carbonyl (C=O) groups excluding carboxylic acids is 1. The molecular formula is C18H23N3O3. The van der Waals surface area contributed by atoms with Gasteiger partial charge in [0, 0.05) is 26.0 Å². The van der Waals surface area contributed by atoms with E-state index in [-0.39, 0.29) is 5.91 Å². The maximum absolute atomic E-state index is 12.2. The van der Waals surface area contributed by atoms with E-state index < -0.39 is 6.10 Å². The van der Waals surface area contributed by atoms with Crippen LogP contribution in [0.5, 0.6) is 5.75 Å². The monoisotopic (exact) mass is 329 g/mol. The molecule has 3 rings (SSSR count). The van der Waals surface area contributed by atoms with Crippen LogP contribution in [0.4, 0.5) is 5.69 Å². The van der Waals surface area contributed by atoms with E-state index in [4.69, 9.17) is 9.47 Å². The molecule has 1 N–H and O–H groups in total. The van der Waals surface area contributed by atoms with Crippen molar-refractivity contribution in [1.82, 2.24) is 9.78 Å². The van der Waals surface area contributed by atoms with Crippen LogP contribution >= 0.6 is 0 Å². The molecule has 1 saturated heterocycles. The molecule has 0 unspecified atom stereocenters. The van der Waals surface area contributed by atoms with E-state index in [9.17, 15) is 4.79 Å². The van der Waals surface area contributed by atoms with E-state index in [2.05, 4.69) is 10.4 Å². The van der Waals surface area contributed by atoms with Gasteiger partial charge in [0.25, 0.3) is 5.91 Å². The molecule has 1 amide bonds.